The Balaban J connectivity index is 1.17. The fourth-order valence-corrected chi connectivity index (χ4v) is 9.53. The number of aromatic nitrogens is 3. The monoisotopic (exact) mass is 694 g/mol. The molecule has 0 amide bonds. The quantitative estimate of drug-likeness (QED) is 0.173. The number of fused-ring (bicyclic) bond motifs is 13. The van der Waals surface area contributed by atoms with E-state index in [2.05, 4.69) is 168 Å². The fraction of sp³-hybridized carbons (Fsp3) is 0.102. The molecule has 0 bridgehead atoms. The normalized spacial score (nSPS) is 18.1. The molecular weight excluding hydrogens is 661 g/mol. The largest absolute Gasteiger partial charge is 0.455 e. The van der Waals surface area contributed by atoms with Gasteiger partial charge in [-0.05, 0) is 77.7 Å². The van der Waals surface area contributed by atoms with Gasteiger partial charge in [0.15, 0.2) is 0 Å². The van der Waals surface area contributed by atoms with Crippen LogP contribution >= 0.6 is 0 Å². The highest BCUT2D eigenvalue weighted by molar-refractivity contribution is 6.25. The zero-order chi connectivity index (χ0) is 35.5. The summed E-state index contributed by atoms with van der Waals surface area (Å²) in [6.07, 6.45) is 5.85. The number of benzene rings is 7. The van der Waals surface area contributed by atoms with Crippen LogP contribution in [0, 0.1) is 5.92 Å². The molecule has 0 fully saturated rings. The van der Waals surface area contributed by atoms with Crippen LogP contribution in [-0.2, 0) is 0 Å². The van der Waals surface area contributed by atoms with Gasteiger partial charge in [0.2, 0.25) is 5.95 Å². The maximum absolute atomic E-state index is 6.72. The van der Waals surface area contributed by atoms with Crippen LogP contribution in [0.3, 0.4) is 0 Å². The van der Waals surface area contributed by atoms with Crippen LogP contribution in [0.15, 0.2) is 162 Å². The van der Waals surface area contributed by atoms with Crippen molar-refractivity contribution in [2.75, 3.05) is 4.90 Å². The number of nitrogens with zero attached hydrogens (tertiary/aromatic N) is 4. The lowest BCUT2D eigenvalue weighted by molar-refractivity contribution is 0.482. The molecule has 256 valence electrons. The molecule has 3 aromatic heterocycles. The summed E-state index contributed by atoms with van der Waals surface area (Å²) in [4.78, 5) is 13.3. The highest BCUT2D eigenvalue weighted by atomic mass is 16.3. The molecule has 0 N–H and O–H groups in total. The molecule has 3 unspecified atom stereocenters. The molecule has 0 saturated heterocycles. The van der Waals surface area contributed by atoms with E-state index in [4.69, 9.17) is 14.4 Å². The molecule has 1 aliphatic carbocycles. The topological polar surface area (TPSA) is 47.1 Å². The van der Waals surface area contributed by atoms with Crippen molar-refractivity contribution in [3.8, 4) is 16.9 Å². The smallest absolute Gasteiger partial charge is 0.231 e. The van der Waals surface area contributed by atoms with E-state index in [0.29, 0.717) is 5.92 Å². The van der Waals surface area contributed by atoms with Crippen LogP contribution < -0.4 is 4.90 Å². The maximum Gasteiger partial charge on any atom is 0.231 e. The summed E-state index contributed by atoms with van der Waals surface area (Å²) in [6.45, 7) is 2.32. The van der Waals surface area contributed by atoms with Crippen molar-refractivity contribution in [2.45, 2.75) is 25.3 Å². The summed E-state index contributed by atoms with van der Waals surface area (Å²) in [5.74, 6) is 1.32. The third-order valence-corrected chi connectivity index (χ3v) is 11.9. The van der Waals surface area contributed by atoms with Gasteiger partial charge in [-0.3, -0.25) is 0 Å². The molecular formula is C49H34N4O. The van der Waals surface area contributed by atoms with Gasteiger partial charge in [-0.1, -0.05) is 110 Å². The van der Waals surface area contributed by atoms with Crippen molar-refractivity contribution in [3.05, 3.63) is 163 Å². The molecule has 0 spiro atoms. The molecule has 0 saturated carbocycles. The molecule has 5 nitrogen and oxygen atoms in total. The summed E-state index contributed by atoms with van der Waals surface area (Å²) in [5, 5.41) is 8.10. The van der Waals surface area contributed by atoms with Gasteiger partial charge in [-0.15, -0.1) is 0 Å². The molecule has 1 aliphatic heterocycles. The van der Waals surface area contributed by atoms with Crippen LogP contribution in [0.4, 0.5) is 11.6 Å². The van der Waals surface area contributed by atoms with Crippen molar-refractivity contribution < 1.29 is 4.42 Å². The molecule has 5 heteroatoms. The summed E-state index contributed by atoms with van der Waals surface area (Å²) in [7, 11) is 0. The predicted molar refractivity (Wildman–Crippen MR) is 222 cm³/mol. The van der Waals surface area contributed by atoms with E-state index in [-0.39, 0.29) is 12.0 Å². The first-order valence-electron chi connectivity index (χ1n) is 18.9. The number of anilines is 2. The minimum atomic E-state index is 0.150. The highest BCUT2D eigenvalue weighted by Gasteiger charge is 2.44. The zero-order valence-corrected chi connectivity index (χ0v) is 29.6. The highest BCUT2D eigenvalue weighted by Crippen LogP contribution is 2.54. The Labute approximate surface area is 311 Å². The van der Waals surface area contributed by atoms with E-state index in [1.807, 2.05) is 6.07 Å². The zero-order valence-electron chi connectivity index (χ0n) is 29.6. The van der Waals surface area contributed by atoms with E-state index >= 15 is 0 Å². The second-order valence-electron chi connectivity index (χ2n) is 15.0. The molecule has 54 heavy (non-hydrogen) atoms. The molecule has 2 aliphatic rings. The number of para-hydroxylation sites is 3. The lowest BCUT2D eigenvalue weighted by atomic mass is 9.82. The van der Waals surface area contributed by atoms with Crippen LogP contribution in [0.2, 0.25) is 0 Å². The van der Waals surface area contributed by atoms with E-state index in [9.17, 15) is 0 Å². The Kier molecular flexibility index (Phi) is 6.15. The lowest BCUT2D eigenvalue weighted by Gasteiger charge is -2.32. The minimum absolute atomic E-state index is 0.150. The molecule has 3 atom stereocenters. The van der Waals surface area contributed by atoms with E-state index in [0.717, 1.165) is 78.7 Å². The van der Waals surface area contributed by atoms with Gasteiger partial charge in [-0.25, -0.2) is 9.97 Å². The molecule has 7 aromatic carbocycles. The van der Waals surface area contributed by atoms with Crippen molar-refractivity contribution >= 4 is 77.1 Å². The van der Waals surface area contributed by atoms with Crippen LogP contribution in [0.25, 0.3) is 82.4 Å². The molecule has 0 radical (unpaired) electrons. The number of rotatable bonds is 3. The van der Waals surface area contributed by atoms with Gasteiger partial charge in [0.05, 0.1) is 33.3 Å². The van der Waals surface area contributed by atoms with Gasteiger partial charge in [0.1, 0.15) is 11.2 Å². The Morgan fingerprint density at radius 2 is 1.43 bits per heavy atom. The maximum atomic E-state index is 6.72. The van der Waals surface area contributed by atoms with Gasteiger partial charge in [-0.2, -0.15) is 0 Å². The molecule has 10 aromatic rings. The van der Waals surface area contributed by atoms with Gasteiger partial charge in [0, 0.05) is 50.3 Å². The molecule has 12 rings (SSSR count). The van der Waals surface area contributed by atoms with E-state index < -0.39 is 0 Å². The van der Waals surface area contributed by atoms with Crippen molar-refractivity contribution in [1.29, 1.82) is 0 Å². The third kappa shape index (κ3) is 4.15. The number of hydrogen-bond donors (Lipinski definition) is 0. The van der Waals surface area contributed by atoms with Crippen molar-refractivity contribution in [2.24, 2.45) is 5.92 Å². The Morgan fingerprint density at radius 3 is 2.33 bits per heavy atom. The Morgan fingerprint density at radius 1 is 0.648 bits per heavy atom. The summed E-state index contributed by atoms with van der Waals surface area (Å²) < 4.78 is 9.18. The second kappa shape index (κ2) is 11.1. The minimum Gasteiger partial charge on any atom is -0.455 e. The average molecular weight is 695 g/mol. The van der Waals surface area contributed by atoms with Crippen molar-refractivity contribution in [1.82, 2.24) is 14.5 Å². The van der Waals surface area contributed by atoms with Crippen LogP contribution in [-0.4, -0.2) is 20.6 Å². The average Bonchev–Trinajstić information content (AvgIpc) is 3.88. The lowest BCUT2D eigenvalue weighted by Crippen LogP contribution is -2.34. The summed E-state index contributed by atoms with van der Waals surface area (Å²) in [5.41, 5.74) is 10.8. The number of allylic oxidation sites excluding steroid dienone is 1. The van der Waals surface area contributed by atoms with Gasteiger partial charge in [0.25, 0.3) is 0 Å². The third-order valence-electron chi connectivity index (χ3n) is 11.9. The summed E-state index contributed by atoms with van der Waals surface area (Å²) >= 11 is 0. The van der Waals surface area contributed by atoms with Crippen molar-refractivity contribution in [3.63, 3.8) is 0 Å². The summed E-state index contributed by atoms with van der Waals surface area (Å²) in [6, 6.07) is 52.1. The van der Waals surface area contributed by atoms with Crippen LogP contribution in [0.1, 0.15) is 24.8 Å². The van der Waals surface area contributed by atoms with E-state index in [1.54, 1.807) is 0 Å². The van der Waals surface area contributed by atoms with Crippen LogP contribution in [0.5, 0.6) is 0 Å². The Bertz CT molecular complexity index is 3190. The van der Waals surface area contributed by atoms with E-state index in [1.165, 1.54) is 27.2 Å². The standard InChI is InChI=1S/C49H34N4O/c1-29-19-22-37-42(27-29)53(49-50-39-17-9-7-16-36(39)46(51-49)32-21-20-30-11-5-6-12-31(30)28-32)40-26-24-38-45-41(52(47(38)44(37)40)33-13-3-2-4-14-33)25-23-35-34-15-8-10-18-43(34)54-48(35)45/h2-26,28-29,37,42H,27H2,1H3. The van der Waals surface area contributed by atoms with Gasteiger partial charge >= 0.3 is 0 Å². The SMILES string of the molecule is CC1C=CC2c3c(ccc4c5c6oc7ccccc7c6ccc5n(-c5ccccc5)c34)N(c3nc(-c4ccc5ccccc5c4)c4ccccc4n3)C2C1. The first-order valence-corrected chi connectivity index (χ1v) is 18.9. The fourth-order valence-electron chi connectivity index (χ4n) is 9.53. The first-order chi connectivity index (χ1) is 26.7. The molecule has 4 heterocycles. The second-order valence-corrected chi connectivity index (χ2v) is 15.0. The number of furan rings is 1. The Hall–Kier alpha value is -6.72. The predicted octanol–water partition coefficient (Wildman–Crippen LogP) is 12.6. The van der Waals surface area contributed by atoms with Gasteiger partial charge < -0.3 is 13.9 Å². The number of hydrogen-bond acceptors (Lipinski definition) is 4. The first kappa shape index (κ1) is 29.8.